The highest BCUT2D eigenvalue weighted by atomic mass is 16.2. The molecule has 0 saturated heterocycles. The van der Waals surface area contributed by atoms with E-state index >= 15 is 0 Å². The molecule has 116 valence electrons. The first kappa shape index (κ1) is 17.2. The first-order chi connectivity index (χ1) is 10.1. The van der Waals surface area contributed by atoms with Crippen LogP contribution in [-0.4, -0.2) is 30.9 Å². The van der Waals surface area contributed by atoms with Crippen molar-refractivity contribution >= 4 is 17.5 Å². The number of hydrogen-bond acceptors (Lipinski definition) is 3. The lowest BCUT2D eigenvalue weighted by Gasteiger charge is -2.12. The van der Waals surface area contributed by atoms with Crippen LogP contribution in [0.1, 0.15) is 44.0 Å². The minimum absolute atomic E-state index is 0.110. The molecule has 0 radical (unpaired) electrons. The Hall–Kier alpha value is -1.88. The van der Waals surface area contributed by atoms with E-state index < -0.39 is 0 Å². The van der Waals surface area contributed by atoms with Gasteiger partial charge in [-0.05, 0) is 38.0 Å². The second kappa shape index (κ2) is 9.13. The Morgan fingerprint density at radius 1 is 1.24 bits per heavy atom. The molecule has 0 heterocycles. The van der Waals surface area contributed by atoms with Gasteiger partial charge in [0.05, 0.1) is 6.54 Å². The highest BCUT2D eigenvalue weighted by Gasteiger charge is 2.08. The molecule has 21 heavy (non-hydrogen) atoms. The van der Waals surface area contributed by atoms with Crippen molar-refractivity contribution in [1.82, 2.24) is 10.6 Å². The third kappa shape index (κ3) is 6.40. The van der Waals surface area contributed by atoms with E-state index in [9.17, 15) is 9.59 Å². The number of rotatable bonds is 8. The SMILES string of the molecule is CCCNC(=O)c1cccc(NC(=O)CNC(C)CC)c1. The van der Waals surface area contributed by atoms with Crippen molar-refractivity contribution in [2.24, 2.45) is 0 Å². The Morgan fingerprint density at radius 3 is 2.67 bits per heavy atom. The van der Waals surface area contributed by atoms with Gasteiger partial charge in [-0.1, -0.05) is 19.9 Å². The van der Waals surface area contributed by atoms with Gasteiger partial charge in [-0.25, -0.2) is 0 Å². The van der Waals surface area contributed by atoms with Crippen molar-refractivity contribution in [3.05, 3.63) is 29.8 Å². The van der Waals surface area contributed by atoms with Gasteiger partial charge in [0.1, 0.15) is 0 Å². The van der Waals surface area contributed by atoms with Gasteiger partial charge in [0, 0.05) is 23.8 Å². The smallest absolute Gasteiger partial charge is 0.251 e. The molecule has 3 N–H and O–H groups in total. The van der Waals surface area contributed by atoms with Gasteiger partial charge in [0.25, 0.3) is 5.91 Å². The number of anilines is 1. The van der Waals surface area contributed by atoms with Gasteiger partial charge >= 0.3 is 0 Å². The lowest BCUT2D eigenvalue weighted by atomic mass is 10.2. The number of carbonyl (C=O) groups is 2. The summed E-state index contributed by atoms with van der Waals surface area (Å²) in [4.78, 5) is 23.7. The zero-order valence-electron chi connectivity index (χ0n) is 13.0. The molecule has 0 aliphatic carbocycles. The van der Waals surface area contributed by atoms with Crippen molar-refractivity contribution in [3.8, 4) is 0 Å². The lowest BCUT2D eigenvalue weighted by Crippen LogP contribution is -2.34. The highest BCUT2D eigenvalue weighted by molar-refractivity contribution is 5.97. The molecule has 1 atom stereocenters. The summed E-state index contributed by atoms with van der Waals surface area (Å²) >= 11 is 0. The Labute approximate surface area is 126 Å². The van der Waals surface area contributed by atoms with Crippen LogP contribution in [0.2, 0.25) is 0 Å². The van der Waals surface area contributed by atoms with Crippen molar-refractivity contribution in [2.45, 2.75) is 39.7 Å². The molecular weight excluding hydrogens is 266 g/mol. The van der Waals surface area contributed by atoms with Gasteiger partial charge in [-0.15, -0.1) is 0 Å². The molecule has 5 nitrogen and oxygen atoms in total. The second-order valence-electron chi connectivity index (χ2n) is 5.08. The first-order valence-electron chi connectivity index (χ1n) is 7.48. The molecule has 0 spiro atoms. The normalized spacial score (nSPS) is 11.8. The number of benzene rings is 1. The summed E-state index contributed by atoms with van der Waals surface area (Å²) in [5.74, 6) is -0.230. The van der Waals surface area contributed by atoms with Crippen molar-refractivity contribution in [1.29, 1.82) is 0 Å². The Kier molecular flexibility index (Phi) is 7.46. The number of nitrogens with one attached hydrogen (secondary N) is 3. The fourth-order valence-corrected chi connectivity index (χ4v) is 1.70. The van der Waals surface area contributed by atoms with Crippen molar-refractivity contribution in [2.75, 3.05) is 18.4 Å². The fourth-order valence-electron chi connectivity index (χ4n) is 1.70. The van der Waals surface area contributed by atoms with E-state index in [1.807, 2.05) is 13.8 Å². The van der Waals surface area contributed by atoms with E-state index in [0.29, 0.717) is 23.8 Å². The van der Waals surface area contributed by atoms with Crippen molar-refractivity contribution in [3.63, 3.8) is 0 Å². The molecule has 0 aliphatic heterocycles. The highest BCUT2D eigenvalue weighted by Crippen LogP contribution is 2.10. The summed E-state index contributed by atoms with van der Waals surface area (Å²) in [6.07, 6.45) is 1.86. The van der Waals surface area contributed by atoms with Crippen LogP contribution in [-0.2, 0) is 4.79 Å². The Morgan fingerprint density at radius 2 is 2.00 bits per heavy atom. The summed E-state index contributed by atoms with van der Waals surface area (Å²) < 4.78 is 0. The van der Waals surface area contributed by atoms with E-state index in [0.717, 1.165) is 12.8 Å². The van der Waals surface area contributed by atoms with E-state index in [1.54, 1.807) is 24.3 Å². The predicted molar refractivity (Wildman–Crippen MR) is 85.5 cm³/mol. The quantitative estimate of drug-likeness (QED) is 0.687. The molecule has 1 rings (SSSR count). The fraction of sp³-hybridized carbons (Fsp3) is 0.500. The van der Waals surface area contributed by atoms with Gasteiger partial charge in [-0.3, -0.25) is 9.59 Å². The van der Waals surface area contributed by atoms with Crippen LogP contribution in [0.5, 0.6) is 0 Å². The first-order valence-corrected chi connectivity index (χ1v) is 7.48. The van der Waals surface area contributed by atoms with Crippen LogP contribution < -0.4 is 16.0 Å². The van der Waals surface area contributed by atoms with Crippen LogP contribution in [0, 0.1) is 0 Å². The molecule has 5 heteroatoms. The van der Waals surface area contributed by atoms with E-state index in [4.69, 9.17) is 0 Å². The minimum Gasteiger partial charge on any atom is -0.352 e. The maximum Gasteiger partial charge on any atom is 0.251 e. The molecule has 0 bridgehead atoms. The topological polar surface area (TPSA) is 70.2 Å². The molecule has 2 amide bonds. The number of amides is 2. The van der Waals surface area contributed by atoms with Crippen molar-refractivity contribution < 1.29 is 9.59 Å². The van der Waals surface area contributed by atoms with E-state index in [2.05, 4.69) is 22.9 Å². The summed E-state index contributed by atoms with van der Waals surface area (Å²) in [7, 11) is 0. The standard InChI is InChI=1S/C16H25N3O2/c1-4-9-17-16(21)13-7-6-8-14(10-13)19-15(20)11-18-12(3)5-2/h6-8,10,12,18H,4-5,9,11H2,1-3H3,(H,17,21)(H,19,20). The van der Waals surface area contributed by atoms with E-state index in [-0.39, 0.29) is 18.4 Å². The molecule has 1 aromatic carbocycles. The average molecular weight is 291 g/mol. The van der Waals surface area contributed by atoms with Crippen LogP contribution in [0.25, 0.3) is 0 Å². The predicted octanol–water partition coefficient (Wildman–Crippen LogP) is 2.15. The van der Waals surface area contributed by atoms with Gasteiger partial charge in [0.15, 0.2) is 0 Å². The lowest BCUT2D eigenvalue weighted by molar-refractivity contribution is -0.115. The van der Waals surface area contributed by atoms with Gasteiger partial charge in [-0.2, -0.15) is 0 Å². The van der Waals surface area contributed by atoms with Crippen LogP contribution >= 0.6 is 0 Å². The number of hydrogen-bond donors (Lipinski definition) is 3. The third-order valence-corrected chi connectivity index (χ3v) is 3.17. The van der Waals surface area contributed by atoms with Gasteiger partial charge in [0.2, 0.25) is 5.91 Å². The van der Waals surface area contributed by atoms with Crippen LogP contribution in [0.3, 0.4) is 0 Å². The van der Waals surface area contributed by atoms with Crippen LogP contribution in [0.15, 0.2) is 24.3 Å². The molecule has 0 fully saturated rings. The molecule has 1 unspecified atom stereocenters. The maximum absolute atomic E-state index is 11.9. The minimum atomic E-state index is -0.120. The summed E-state index contributed by atoms with van der Waals surface area (Å²) in [6, 6.07) is 7.27. The Balaban J connectivity index is 2.56. The molecule has 1 aromatic rings. The second-order valence-corrected chi connectivity index (χ2v) is 5.08. The molecule has 0 saturated carbocycles. The largest absolute Gasteiger partial charge is 0.352 e. The zero-order chi connectivity index (χ0) is 15.7. The molecule has 0 aliphatic rings. The van der Waals surface area contributed by atoms with Crippen LogP contribution in [0.4, 0.5) is 5.69 Å². The summed E-state index contributed by atoms with van der Waals surface area (Å²) in [5, 5.41) is 8.73. The molecular formula is C16H25N3O2. The van der Waals surface area contributed by atoms with Gasteiger partial charge < -0.3 is 16.0 Å². The Bertz CT molecular complexity index is 474. The average Bonchev–Trinajstić information content (AvgIpc) is 2.50. The third-order valence-electron chi connectivity index (χ3n) is 3.17. The summed E-state index contributed by atoms with van der Waals surface area (Å²) in [5.41, 5.74) is 1.19. The maximum atomic E-state index is 11.9. The number of carbonyl (C=O) groups excluding carboxylic acids is 2. The summed E-state index contributed by atoms with van der Waals surface area (Å²) in [6.45, 7) is 7.01. The monoisotopic (exact) mass is 291 g/mol. The van der Waals surface area contributed by atoms with E-state index in [1.165, 1.54) is 0 Å². The zero-order valence-corrected chi connectivity index (χ0v) is 13.0. The molecule has 0 aromatic heterocycles.